The number of benzene rings is 1. The molecule has 0 radical (unpaired) electrons. The molecule has 0 saturated carbocycles. The van der Waals surface area contributed by atoms with Crippen molar-refractivity contribution in [1.82, 2.24) is 9.55 Å². The lowest BCUT2D eigenvalue weighted by Gasteiger charge is -2.04. The van der Waals surface area contributed by atoms with Crippen molar-refractivity contribution < 1.29 is 8.78 Å². The summed E-state index contributed by atoms with van der Waals surface area (Å²) in [5.41, 5.74) is 7.52. The molecule has 0 aliphatic rings. The van der Waals surface area contributed by atoms with Crippen LogP contribution in [0.15, 0.2) is 18.2 Å². The van der Waals surface area contributed by atoms with Crippen LogP contribution in [-0.2, 0) is 6.54 Å². The maximum Gasteiger partial charge on any atom is 0.201 e. The van der Waals surface area contributed by atoms with Gasteiger partial charge in [0, 0.05) is 21.9 Å². The van der Waals surface area contributed by atoms with Crippen LogP contribution in [0.3, 0.4) is 0 Å². The van der Waals surface area contributed by atoms with Crippen molar-refractivity contribution in [3.8, 4) is 0 Å². The quantitative estimate of drug-likeness (QED) is 0.784. The summed E-state index contributed by atoms with van der Waals surface area (Å²) < 4.78 is 28.7. The summed E-state index contributed by atoms with van der Waals surface area (Å²) in [6.45, 7) is 4.53. The molecule has 0 aliphatic heterocycles. The number of hydrogen-bond donors (Lipinski definition) is 1. The highest BCUT2D eigenvalue weighted by Crippen LogP contribution is 2.26. The molecule has 2 heterocycles. The largest absolute Gasteiger partial charge is 0.369 e. The number of thiophene rings is 1. The molecule has 0 spiro atoms. The number of anilines is 1. The van der Waals surface area contributed by atoms with Gasteiger partial charge in [0.15, 0.2) is 5.82 Å². The van der Waals surface area contributed by atoms with Gasteiger partial charge in [-0.25, -0.2) is 13.8 Å². The molecule has 0 saturated heterocycles. The van der Waals surface area contributed by atoms with Crippen molar-refractivity contribution in [3.05, 3.63) is 45.2 Å². The molecule has 0 amide bonds. The topological polar surface area (TPSA) is 43.8 Å². The van der Waals surface area contributed by atoms with E-state index in [2.05, 4.69) is 11.1 Å². The molecule has 0 atom stereocenters. The highest BCUT2D eigenvalue weighted by Gasteiger charge is 2.15. The average molecular weight is 293 g/mol. The molecule has 20 heavy (non-hydrogen) atoms. The van der Waals surface area contributed by atoms with Crippen molar-refractivity contribution in [2.45, 2.75) is 20.4 Å². The molecule has 6 heteroatoms. The van der Waals surface area contributed by atoms with Crippen molar-refractivity contribution in [2.24, 2.45) is 0 Å². The van der Waals surface area contributed by atoms with Crippen molar-refractivity contribution in [2.75, 3.05) is 5.73 Å². The summed E-state index contributed by atoms with van der Waals surface area (Å²) in [5, 5.41) is 0. The highest BCUT2D eigenvalue weighted by atomic mass is 32.1. The van der Waals surface area contributed by atoms with Crippen LogP contribution in [0.4, 0.5) is 14.7 Å². The Morgan fingerprint density at radius 1 is 1.25 bits per heavy atom. The summed E-state index contributed by atoms with van der Waals surface area (Å²) in [5.74, 6) is -1.13. The second kappa shape index (κ2) is 4.56. The molecule has 2 aromatic heterocycles. The van der Waals surface area contributed by atoms with Gasteiger partial charge in [0.2, 0.25) is 5.95 Å². The maximum absolute atomic E-state index is 13.7. The number of rotatable bonds is 2. The molecule has 0 fully saturated rings. The minimum absolute atomic E-state index is 0.105. The Balaban J connectivity index is 2.13. The Labute approximate surface area is 118 Å². The zero-order valence-electron chi connectivity index (χ0n) is 11.1. The van der Waals surface area contributed by atoms with Crippen molar-refractivity contribution in [3.63, 3.8) is 0 Å². The van der Waals surface area contributed by atoms with E-state index in [4.69, 9.17) is 5.73 Å². The van der Waals surface area contributed by atoms with Crippen LogP contribution in [-0.4, -0.2) is 9.55 Å². The zero-order valence-corrected chi connectivity index (χ0v) is 11.9. The van der Waals surface area contributed by atoms with E-state index in [1.54, 1.807) is 15.9 Å². The lowest BCUT2D eigenvalue weighted by Crippen LogP contribution is -2.03. The van der Waals surface area contributed by atoms with Crippen LogP contribution in [0.5, 0.6) is 0 Å². The van der Waals surface area contributed by atoms with Gasteiger partial charge < -0.3 is 10.3 Å². The van der Waals surface area contributed by atoms with E-state index in [9.17, 15) is 8.78 Å². The van der Waals surface area contributed by atoms with Gasteiger partial charge in [0.25, 0.3) is 0 Å². The SMILES string of the molecule is Cc1cc(Cn2c(N)nc3c(F)cc(F)cc32)sc1C. The molecule has 0 bridgehead atoms. The van der Waals surface area contributed by atoms with Gasteiger partial charge in [0.1, 0.15) is 11.3 Å². The second-order valence-electron chi connectivity index (χ2n) is 4.76. The van der Waals surface area contributed by atoms with Crippen LogP contribution in [0.1, 0.15) is 15.3 Å². The first kappa shape index (κ1) is 13.1. The molecule has 0 unspecified atom stereocenters. The van der Waals surface area contributed by atoms with E-state index in [1.165, 1.54) is 16.5 Å². The Morgan fingerprint density at radius 2 is 2.00 bits per heavy atom. The first-order valence-corrected chi connectivity index (χ1v) is 6.94. The number of nitrogen functional groups attached to an aromatic ring is 1. The summed E-state index contributed by atoms with van der Waals surface area (Å²) >= 11 is 1.65. The number of nitrogens with zero attached hydrogens (tertiary/aromatic N) is 2. The minimum Gasteiger partial charge on any atom is -0.369 e. The molecular formula is C14H13F2N3S. The fourth-order valence-corrected chi connectivity index (χ4v) is 3.26. The van der Waals surface area contributed by atoms with E-state index in [-0.39, 0.29) is 11.5 Å². The van der Waals surface area contributed by atoms with Crippen LogP contribution in [0.2, 0.25) is 0 Å². The predicted octanol–water partition coefficient (Wildman–Crippen LogP) is 3.62. The smallest absolute Gasteiger partial charge is 0.201 e. The summed E-state index contributed by atoms with van der Waals surface area (Å²) in [7, 11) is 0. The third kappa shape index (κ3) is 2.06. The molecule has 3 aromatic rings. The Bertz CT molecular complexity index is 785. The van der Waals surface area contributed by atoms with E-state index in [0.29, 0.717) is 12.1 Å². The second-order valence-corrected chi connectivity index (χ2v) is 6.10. The summed E-state index contributed by atoms with van der Waals surface area (Å²) in [6.07, 6.45) is 0. The van der Waals surface area contributed by atoms with Crippen LogP contribution in [0, 0.1) is 25.5 Å². The van der Waals surface area contributed by atoms with Gasteiger partial charge in [0.05, 0.1) is 12.1 Å². The molecule has 104 valence electrons. The lowest BCUT2D eigenvalue weighted by atomic mass is 10.2. The highest BCUT2D eigenvalue weighted by molar-refractivity contribution is 7.12. The third-order valence-corrected chi connectivity index (χ3v) is 4.47. The Kier molecular flexibility index (Phi) is 2.97. The fourth-order valence-electron chi connectivity index (χ4n) is 2.22. The number of imidazole rings is 1. The third-order valence-electron chi connectivity index (χ3n) is 3.33. The van der Waals surface area contributed by atoms with Gasteiger partial charge >= 0.3 is 0 Å². The lowest BCUT2D eigenvalue weighted by molar-refractivity contribution is 0.590. The number of aromatic nitrogens is 2. The van der Waals surface area contributed by atoms with Crippen LogP contribution in [0.25, 0.3) is 11.0 Å². The molecular weight excluding hydrogens is 280 g/mol. The normalized spacial score (nSPS) is 11.4. The summed E-state index contributed by atoms with van der Waals surface area (Å²) in [4.78, 5) is 6.28. The molecule has 0 aliphatic carbocycles. The van der Waals surface area contributed by atoms with Gasteiger partial charge in [-0.1, -0.05) is 0 Å². The predicted molar refractivity (Wildman–Crippen MR) is 77.0 cm³/mol. The van der Waals surface area contributed by atoms with E-state index < -0.39 is 11.6 Å². The van der Waals surface area contributed by atoms with Crippen molar-refractivity contribution in [1.29, 1.82) is 0 Å². The van der Waals surface area contributed by atoms with Crippen LogP contribution < -0.4 is 5.73 Å². The van der Waals surface area contributed by atoms with E-state index in [1.807, 2.05) is 13.8 Å². The van der Waals surface area contributed by atoms with Gasteiger partial charge in [-0.05, 0) is 25.5 Å². The molecule has 1 aromatic carbocycles. The van der Waals surface area contributed by atoms with Gasteiger partial charge in [-0.3, -0.25) is 0 Å². The first-order chi connectivity index (χ1) is 9.45. The molecule has 3 rings (SSSR count). The monoisotopic (exact) mass is 293 g/mol. The maximum atomic E-state index is 13.7. The number of halogens is 2. The van der Waals surface area contributed by atoms with Gasteiger partial charge in [-0.15, -0.1) is 11.3 Å². The molecule has 2 N–H and O–H groups in total. The average Bonchev–Trinajstić information content (AvgIpc) is 2.83. The van der Waals surface area contributed by atoms with E-state index in [0.717, 1.165) is 10.9 Å². The minimum atomic E-state index is -0.691. The fraction of sp³-hybridized carbons (Fsp3) is 0.214. The number of fused-ring (bicyclic) bond motifs is 1. The van der Waals surface area contributed by atoms with Crippen LogP contribution >= 0.6 is 11.3 Å². The number of aryl methyl sites for hydroxylation is 2. The van der Waals surface area contributed by atoms with Gasteiger partial charge in [-0.2, -0.15) is 0 Å². The number of hydrogen-bond acceptors (Lipinski definition) is 3. The molecule has 3 nitrogen and oxygen atoms in total. The Hall–Kier alpha value is -1.95. The summed E-state index contributed by atoms with van der Waals surface area (Å²) in [6, 6.07) is 4.13. The number of nitrogens with two attached hydrogens (primary N) is 1. The van der Waals surface area contributed by atoms with Crippen molar-refractivity contribution >= 4 is 28.3 Å². The zero-order chi connectivity index (χ0) is 14.4. The Morgan fingerprint density at radius 3 is 2.65 bits per heavy atom. The standard InChI is InChI=1S/C14H13F2N3S/c1-7-3-10(20-8(7)2)6-19-12-5-9(15)4-11(16)13(12)18-14(19)17/h3-5H,6H2,1-2H3,(H2,17,18). The van der Waals surface area contributed by atoms with E-state index >= 15 is 0 Å². The first-order valence-electron chi connectivity index (χ1n) is 6.12.